The van der Waals surface area contributed by atoms with Crippen LogP contribution in [0, 0.1) is 6.92 Å². The van der Waals surface area contributed by atoms with Gasteiger partial charge in [0, 0.05) is 23.6 Å². The first kappa shape index (κ1) is 20.3. The largest absolute Gasteiger partial charge is 0.321 e. The number of aryl methyl sites for hydroxylation is 1. The SMILES string of the molecule is Cc1ccc(NS(=O)(=O)c2ccc(C(=O)Nc3ccc(-n4ccnc4)nc3)cc2)cc1. The van der Waals surface area contributed by atoms with Crippen LogP contribution in [0.15, 0.2) is 90.5 Å². The standard InChI is InChI=1S/C22H19N5O3S/c1-16-2-6-18(7-3-16)26-31(29,30)20-9-4-17(5-10-20)22(28)25-19-8-11-21(24-14-19)27-13-12-23-15-27/h2-15,26H,1H3,(H,25,28). The molecule has 31 heavy (non-hydrogen) atoms. The summed E-state index contributed by atoms with van der Waals surface area (Å²) in [6.45, 7) is 1.92. The third-order valence-electron chi connectivity index (χ3n) is 4.51. The molecule has 1 amide bonds. The molecule has 9 heteroatoms. The highest BCUT2D eigenvalue weighted by Gasteiger charge is 2.15. The number of carbonyl (C=O) groups is 1. The maximum atomic E-state index is 12.6. The molecule has 0 saturated carbocycles. The van der Waals surface area contributed by atoms with Crippen molar-refractivity contribution >= 4 is 27.3 Å². The minimum absolute atomic E-state index is 0.0657. The smallest absolute Gasteiger partial charge is 0.261 e. The Hall–Kier alpha value is -3.98. The number of hydrogen-bond donors (Lipinski definition) is 2. The summed E-state index contributed by atoms with van der Waals surface area (Å²) >= 11 is 0. The average molecular weight is 433 g/mol. The predicted octanol–water partition coefficient (Wildman–Crippen LogP) is 3.63. The first-order valence-corrected chi connectivity index (χ1v) is 10.8. The topological polar surface area (TPSA) is 106 Å². The van der Waals surface area contributed by atoms with Crippen LogP contribution >= 0.6 is 0 Å². The van der Waals surface area contributed by atoms with Gasteiger partial charge in [-0.3, -0.25) is 14.1 Å². The van der Waals surface area contributed by atoms with Gasteiger partial charge in [0.1, 0.15) is 12.1 Å². The number of hydrogen-bond acceptors (Lipinski definition) is 5. The van der Waals surface area contributed by atoms with E-state index in [1.807, 2.05) is 19.1 Å². The molecule has 2 aromatic carbocycles. The predicted molar refractivity (Wildman–Crippen MR) is 118 cm³/mol. The van der Waals surface area contributed by atoms with Crippen LogP contribution in [0.4, 0.5) is 11.4 Å². The van der Waals surface area contributed by atoms with Crippen molar-refractivity contribution < 1.29 is 13.2 Å². The van der Waals surface area contributed by atoms with Crippen LogP contribution < -0.4 is 10.0 Å². The maximum absolute atomic E-state index is 12.6. The molecule has 0 bridgehead atoms. The summed E-state index contributed by atoms with van der Waals surface area (Å²) in [5.41, 5.74) is 2.35. The van der Waals surface area contributed by atoms with Gasteiger partial charge in [-0.25, -0.2) is 18.4 Å². The number of sulfonamides is 1. The van der Waals surface area contributed by atoms with Gasteiger partial charge in [0.05, 0.1) is 16.8 Å². The third kappa shape index (κ3) is 4.78. The number of anilines is 2. The van der Waals surface area contributed by atoms with Gasteiger partial charge in [0.15, 0.2) is 0 Å². The highest BCUT2D eigenvalue weighted by atomic mass is 32.2. The summed E-state index contributed by atoms with van der Waals surface area (Å²) < 4.78 is 29.4. The quantitative estimate of drug-likeness (QED) is 0.483. The minimum Gasteiger partial charge on any atom is -0.321 e. The van der Waals surface area contributed by atoms with Gasteiger partial charge < -0.3 is 5.32 Å². The zero-order valence-corrected chi connectivity index (χ0v) is 17.4. The van der Waals surface area contributed by atoms with E-state index in [1.165, 1.54) is 30.5 Å². The second-order valence-corrected chi connectivity index (χ2v) is 8.51. The first-order chi connectivity index (χ1) is 14.9. The summed E-state index contributed by atoms with van der Waals surface area (Å²) in [4.78, 5) is 20.8. The molecule has 2 aromatic heterocycles. The normalized spacial score (nSPS) is 11.1. The van der Waals surface area contributed by atoms with Crippen LogP contribution in [0.1, 0.15) is 15.9 Å². The second-order valence-electron chi connectivity index (χ2n) is 6.83. The molecule has 2 N–H and O–H groups in total. The molecule has 4 aromatic rings. The molecular formula is C22H19N5O3S. The number of rotatable bonds is 6. The Labute approximate surface area is 179 Å². The van der Waals surface area contributed by atoms with Crippen molar-refractivity contribution in [2.75, 3.05) is 10.0 Å². The summed E-state index contributed by atoms with van der Waals surface area (Å²) in [5, 5.41) is 2.74. The summed E-state index contributed by atoms with van der Waals surface area (Å²) in [6, 6.07) is 16.2. The van der Waals surface area contributed by atoms with Gasteiger partial charge in [-0.1, -0.05) is 17.7 Å². The average Bonchev–Trinajstić information content (AvgIpc) is 3.31. The Morgan fingerprint density at radius 2 is 1.65 bits per heavy atom. The lowest BCUT2D eigenvalue weighted by atomic mass is 10.2. The van der Waals surface area contributed by atoms with Gasteiger partial charge in [0.25, 0.3) is 15.9 Å². The summed E-state index contributed by atoms with van der Waals surface area (Å²) in [5.74, 6) is 0.304. The van der Waals surface area contributed by atoms with E-state index in [0.717, 1.165) is 5.56 Å². The number of benzene rings is 2. The van der Waals surface area contributed by atoms with E-state index >= 15 is 0 Å². The fraction of sp³-hybridized carbons (Fsp3) is 0.0455. The van der Waals surface area contributed by atoms with Crippen molar-refractivity contribution in [3.8, 4) is 5.82 Å². The van der Waals surface area contributed by atoms with Gasteiger partial charge >= 0.3 is 0 Å². The Morgan fingerprint density at radius 1 is 0.935 bits per heavy atom. The zero-order chi connectivity index (χ0) is 21.8. The van der Waals surface area contributed by atoms with Crippen molar-refractivity contribution in [3.05, 3.63) is 96.7 Å². The molecule has 0 aliphatic heterocycles. The second kappa shape index (κ2) is 8.41. The zero-order valence-electron chi connectivity index (χ0n) is 16.6. The molecule has 0 fully saturated rings. The molecule has 0 radical (unpaired) electrons. The third-order valence-corrected chi connectivity index (χ3v) is 5.90. The van der Waals surface area contributed by atoms with Gasteiger partial charge in [-0.15, -0.1) is 0 Å². The number of imidazole rings is 1. The van der Waals surface area contributed by atoms with E-state index in [4.69, 9.17) is 0 Å². The van der Waals surface area contributed by atoms with Crippen molar-refractivity contribution in [1.82, 2.24) is 14.5 Å². The summed E-state index contributed by atoms with van der Waals surface area (Å²) in [6.07, 6.45) is 6.59. The molecule has 4 rings (SSSR count). The van der Waals surface area contributed by atoms with E-state index in [1.54, 1.807) is 47.6 Å². The van der Waals surface area contributed by atoms with Crippen LogP contribution in [-0.4, -0.2) is 28.9 Å². The van der Waals surface area contributed by atoms with Crippen molar-refractivity contribution in [2.24, 2.45) is 0 Å². The number of pyridine rings is 1. The van der Waals surface area contributed by atoms with Crippen LogP contribution in [0.5, 0.6) is 0 Å². The summed E-state index contributed by atoms with van der Waals surface area (Å²) in [7, 11) is -3.75. The van der Waals surface area contributed by atoms with Crippen LogP contribution in [0.3, 0.4) is 0 Å². The lowest BCUT2D eigenvalue weighted by Crippen LogP contribution is -2.15. The Balaban J connectivity index is 1.43. The number of nitrogens with zero attached hydrogens (tertiary/aromatic N) is 3. The molecule has 0 saturated heterocycles. The molecule has 0 aliphatic carbocycles. The Morgan fingerprint density at radius 3 is 2.26 bits per heavy atom. The monoisotopic (exact) mass is 433 g/mol. The highest BCUT2D eigenvalue weighted by molar-refractivity contribution is 7.92. The van der Waals surface area contributed by atoms with Gasteiger partial charge in [0.2, 0.25) is 0 Å². The number of nitrogens with one attached hydrogen (secondary N) is 2. The van der Waals surface area contributed by atoms with Gasteiger partial charge in [-0.2, -0.15) is 0 Å². The lowest BCUT2D eigenvalue weighted by Gasteiger charge is -2.10. The molecular weight excluding hydrogens is 414 g/mol. The molecule has 0 spiro atoms. The lowest BCUT2D eigenvalue weighted by molar-refractivity contribution is 0.102. The minimum atomic E-state index is -3.75. The number of carbonyl (C=O) groups excluding carboxylic acids is 1. The van der Waals surface area contributed by atoms with Crippen molar-refractivity contribution in [3.63, 3.8) is 0 Å². The van der Waals surface area contributed by atoms with E-state index in [9.17, 15) is 13.2 Å². The van der Waals surface area contributed by atoms with E-state index in [0.29, 0.717) is 22.8 Å². The highest BCUT2D eigenvalue weighted by Crippen LogP contribution is 2.18. The van der Waals surface area contributed by atoms with Crippen LogP contribution in [0.2, 0.25) is 0 Å². The van der Waals surface area contributed by atoms with Gasteiger partial charge in [-0.05, 0) is 55.5 Å². The molecule has 8 nitrogen and oxygen atoms in total. The molecule has 2 heterocycles. The molecule has 0 atom stereocenters. The van der Waals surface area contributed by atoms with Crippen LogP contribution in [0.25, 0.3) is 5.82 Å². The number of aromatic nitrogens is 3. The fourth-order valence-corrected chi connectivity index (χ4v) is 3.89. The first-order valence-electron chi connectivity index (χ1n) is 9.36. The maximum Gasteiger partial charge on any atom is 0.261 e. The van der Waals surface area contributed by atoms with Crippen LogP contribution in [-0.2, 0) is 10.0 Å². The van der Waals surface area contributed by atoms with Crippen molar-refractivity contribution in [2.45, 2.75) is 11.8 Å². The van der Waals surface area contributed by atoms with E-state index < -0.39 is 10.0 Å². The Bertz CT molecular complexity index is 1280. The molecule has 156 valence electrons. The fourth-order valence-electron chi connectivity index (χ4n) is 2.83. The molecule has 0 aliphatic rings. The van der Waals surface area contributed by atoms with E-state index in [-0.39, 0.29) is 10.8 Å². The Kier molecular flexibility index (Phi) is 5.50. The van der Waals surface area contributed by atoms with E-state index in [2.05, 4.69) is 20.0 Å². The molecule has 0 unspecified atom stereocenters. The number of amides is 1. The van der Waals surface area contributed by atoms with Crippen molar-refractivity contribution in [1.29, 1.82) is 0 Å².